The fourth-order valence-electron chi connectivity index (χ4n) is 2.82. The first-order chi connectivity index (χ1) is 9.52. The first kappa shape index (κ1) is 15.9. The van der Waals surface area contributed by atoms with Crippen molar-refractivity contribution in [3.8, 4) is 0 Å². The summed E-state index contributed by atoms with van der Waals surface area (Å²) in [5, 5.41) is 15.0. The number of hydrogen-bond acceptors (Lipinski definition) is 4. The third-order valence-corrected chi connectivity index (χ3v) is 4.67. The second-order valence-electron chi connectivity index (χ2n) is 5.75. The van der Waals surface area contributed by atoms with E-state index in [1.807, 2.05) is 4.68 Å². The molecule has 2 rings (SSSR count). The Balaban J connectivity index is 2.07. The van der Waals surface area contributed by atoms with Crippen LogP contribution in [-0.2, 0) is 6.54 Å². The Hall–Kier alpha value is -0.430. The molecule has 1 N–H and O–H groups in total. The Kier molecular flexibility index (Phi) is 5.60. The molecule has 1 aromatic rings. The van der Waals surface area contributed by atoms with Crippen molar-refractivity contribution in [1.29, 1.82) is 0 Å². The maximum Gasteiger partial charge on any atom is 0.0983 e. The van der Waals surface area contributed by atoms with E-state index in [0.717, 1.165) is 49.2 Å². The Labute approximate surface area is 129 Å². The van der Waals surface area contributed by atoms with Gasteiger partial charge in [0.25, 0.3) is 0 Å². The van der Waals surface area contributed by atoms with Gasteiger partial charge in [-0.25, -0.2) is 0 Å². The summed E-state index contributed by atoms with van der Waals surface area (Å²) in [6, 6.07) is 0.389. The van der Waals surface area contributed by atoms with Crippen molar-refractivity contribution in [2.45, 2.75) is 38.5 Å². The summed E-state index contributed by atoms with van der Waals surface area (Å²) >= 11 is 3.51. The smallest absolute Gasteiger partial charge is 0.0983 e. The quantitative estimate of drug-likeness (QED) is 0.883. The zero-order valence-corrected chi connectivity index (χ0v) is 14.2. The molecule has 1 fully saturated rings. The van der Waals surface area contributed by atoms with Gasteiger partial charge in [0.1, 0.15) is 0 Å². The van der Waals surface area contributed by atoms with Gasteiger partial charge in [0.15, 0.2) is 0 Å². The number of aryl methyl sites for hydroxylation is 1. The van der Waals surface area contributed by atoms with E-state index >= 15 is 0 Å². The predicted octanol–water partition coefficient (Wildman–Crippen LogP) is 1.72. The Morgan fingerprint density at radius 2 is 2.20 bits per heavy atom. The van der Waals surface area contributed by atoms with Gasteiger partial charge in [-0.2, -0.15) is 5.10 Å². The summed E-state index contributed by atoms with van der Waals surface area (Å²) in [7, 11) is 4.28. The third kappa shape index (κ3) is 3.61. The van der Waals surface area contributed by atoms with Crippen LogP contribution in [0.3, 0.4) is 0 Å². The number of piperazine rings is 1. The summed E-state index contributed by atoms with van der Waals surface area (Å²) in [6.45, 7) is 6.13. The van der Waals surface area contributed by atoms with Crippen LogP contribution in [0.4, 0.5) is 0 Å². The van der Waals surface area contributed by atoms with E-state index < -0.39 is 6.10 Å². The molecule has 0 amide bonds. The first-order valence-corrected chi connectivity index (χ1v) is 8.10. The number of likely N-dealkylation sites (N-methyl/N-ethyl adjacent to an activating group) is 2. The fraction of sp³-hybridized carbons (Fsp3) is 0.786. The average Bonchev–Trinajstić information content (AvgIpc) is 2.75. The van der Waals surface area contributed by atoms with Crippen LogP contribution in [-0.4, -0.2) is 64.5 Å². The van der Waals surface area contributed by atoms with Gasteiger partial charge in [-0.3, -0.25) is 4.68 Å². The molecule has 1 aliphatic heterocycles. The van der Waals surface area contributed by atoms with Crippen molar-refractivity contribution in [1.82, 2.24) is 19.6 Å². The molecule has 6 heteroatoms. The van der Waals surface area contributed by atoms with Gasteiger partial charge >= 0.3 is 0 Å². The molecule has 0 bridgehead atoms. The molecule has 1 aromatic heterocycles. The maximum absolute atomic E-state index is 10.6. The molecule has 114 valence electrons. The Morgan fingerprint density at radius 3 is 2.90 bits per heavy atom. The lowest BCUT2D eigenvalue weighted by molar-refractivity contribution is 0.0597. The lowest BCUT2D eigenvalue weighted by Crippen LogP contribution is -2.50. The standard InChI is InChI=1S/C14H25BrN4O/c1-4-5-19-14(12(15)9-16-19)13(20)8-11-10-17(2)6-7-18(11)3/h9,11,13,20H,4-8,10H2,1-3H3. The number of hydrogen-bond donors (Lipinski definition) is 1. The molecule has 1 saturated heterocycles. The molecule has 1 aliphatic rings. The van der Waals surface area contributed by atoms with Gasteiger partial charge in [-0.05, 0) is 42.9 Å². The summed E-state index contributed by atoms with van der Waals surface area (Å²) in [4.78, 5) is 4.67. The van der Waals surface area contributed by atoms with E-state index in [-0.39, 0.29) is 0 Å². The first-order valence-electron chi connectivity index (χ1n) is 7.31. The second kappa shape index (κ2) is 7.02. The van der Waals surface area contributed by atoms with Gasteiger partial charge in [-0.15, -0.1) is 0 Å². The number of aliphatic hydroxyl groups excluding tert-OH is 1. The van der Waals surface area contributed by atoms with E-state index in [4.69, 9.17) is 0 Å². The summed E-state index contributed by atoms with van der Waals surface area (Å²) in [5.74, 6) is 0. The van der Waals surface area contributed by atoms with E-state index in [1.165, 1.54) is 0 Å². The highest BCUT2D eigenvalue weighted by atomic mass is 79.9. The molecule has 20 heavy (non-hydrogen) atoms. The predicted molar refractivity (Wildman–Crippen MR) is 83.7 cm³/mol. The lowest BCUT2D eigenvalue weighted by atomic mass is 10.0. The maximum atomic E-state index is 10.6. The van der Waals surface area contributed by atoms with E-state index in [0.29, 0.717) is 6.04 Å². The minimum atomic E-state index is -0.475. The molecular formula is C14H25BrN4O. The van der Waals surface area contributed by atoms with Crippen LogP contribution < -0.4 is 0 Å². The third-order valence-electron chi connectivity index (χ3n) is 4.06. The van der Waals surface area contributed by atoms with Gasteiger partial charge in [0, 0.05) is 32.2 Å². The van der Waals surface area contributed by atoms with Crippen molar-refractivity contribution >= 4 is 15.9 Å². The number of rotatable bonds is 5. The molecule has 0 saturated carbocycles. The van der Waals surface area contributed by atoms with E-state index in [9.17, 15) is 5.11 Å². The fourth-order valence-corrected chi connectivity index (χ4v) is 3.38. The van der Waals surface area contributed by atoms with Crippen molar-refractivity contribution in [2.24, 2.45) is 0 Å². The van der Waals surface area contributed by atoms with Crippen molar-refractivity contribution in [2.75, 3.05) is 33.7 Å². The van der Waals surface area contributed by atoms with Crippen LogP contribution in [0, 0.1) is 0 Å². The summed E-state index contributed by atoms with van der Waals surface area (Å²) in [5.41, 5.74) is 0.911. The van der Waals surface area contributed by atoms with Gasteiger partial charge in [0.05, 0.1) is 22.5 Å². The molecule has 0 aliphatic carbocycles. The summed E-state index contributed by atoms with van der Waals surface area (Å²) < 4.78 is 2.83. The molecule has 0 aromatic carbocycles. The van der Waals surface area contributed by atoms with Crippen LogP contribution in [0.15, 0.2) is 10.7 Å². The van der Waals surface area contributed by atoms with Gasteiger partial charge in [-0.1, -0.05) is 6.92 Å². The second-order valence-corrected chi connectivity index (χ2v) is 6.60. The molecule has 2 atom stereocenters. The number of nitrogens with zero attached hydrogens (tertiary/aromatic N) is 4. The molecule has 5 nitrogen and oxygen atoms in total. The molecule has 0 radical (unpaired) electrons. The topological polar surface area (TPSA) is 44.5 Å². The minimum Gasteiger partial charge on any atom is -0.387 e. The zero-order valence-electron chi connectivity index (χ0n) is 12.6. The highest BCUT2D eigenvalue weighted by Crippen LogP contribution is 2.28. The Morgan fingerprint density at radius 1 is 1.45 bits per heavy atom. The van der Waals surface area contributed by atoms with Gasteiger partial charge in [0.2, 0.25) is 0 Å². The molecule has 0 spiro atoms. The van der Waals surface area contributed by atoms with Gasteiger partial charge < -0.3 is 14.9 Å². The van der Waals surface area contributed by atoms with Crippen LogP contribution in [0.2, 0.25) is 0 Å². The lowest BCUT2D eigenvalue weighted by Gasteiger charge is -2.38. The molecule has 2 heterocycles. The number of halogens is 1. The summed E-state index contributed by atoms with van der Waals surface area (Å²) in [6.07, 6.45) is 3.07. The number of aromatic nitrogens is 2. The van der Waals surface area contributed by atoms with E-state index in [2.05, 4.69) is 51.8 Å². The van der Waals surface area contributed by atoms with Crippen LogP contribution in [0.1, 0.15) is 31.6 Å². The highest BCUT2D eigenvalue weighted by Gasteiger charge is 2.27. The Bertz CT molecular complexity index is 437. The minimum absolute atomic E-state index is 0.389. The van der Waals surface area contributed by atoms with Crippen molar-refractivity contribution in [3.05, 3.63) is 16.4 Å². The van der Waals surface area contributed by atoms with Crippen molar-refractivity contribution in [3.63, 3.8) is 0 Å². The highest BCUT2D eigenvalue weighted by molar-refractivity contribution is 9.10. The SMILES string of the molecule is CCCn1ncc(Br)c1C(O)CC1CN(C)CCN1C. The number of aliphatic hydroxyl groups is 1. The normalized spacial score (nSPS) is 23.1. The van der Waals surface area contributed by atoms with Crippen LogP contribution in [0.5, 0.6) is 0 Å². The largest absolute Gasteiger partial charge is 0.387 e. The monoisotopic (exact) mass is 344 g/mol. The average molecular weight is 345 g/mol. The zero-order chi connectivity index (χ0) is 14.7. The van der Waals surface area contributed by atoms with E-state index in [1.54, 1.807) is 6.20 Å². The van der Waals surface area contributed by atoms with Crippen molar-refractivity contribution < 1.29 is 5.11 Å². The van der Waals surface area contributed by atoms with Crippen LogP contribution in [0.25, 0.3) is 0 Å². The molecule has 2 unspecified atom stereocenters. The van der Waals surface area contributed by atoms with Crippen LogP contribution >= 0.6 is 15.9 Å². The molecular weight excluding hydrogens is 320 g/mol.